The lowest BCUT2D eigenvalue weighted by molar-refractivity contribution is 0.0950. The summed E-state index contributed by atoms with van der Waals surface area (Å²) >= 11 is 0. The summed E-state index contributed by atoms with van der Waals surface area (Å²) in [6.07, 6.45) is 6.35. The molecule has 168 valence electrons. The molecular formula is C24H28N4O3S. The second-order valence-corrected chi connectivity index (χ2v) is 10.1. The van der Waals surface area contributed by atoms with E-state index in [0.29, 0.717) is 18.7 Å². The number of rotatable bonds is 6. The van der Waals surface area contributed by atoms with E-state index in [1.807, 2.05) is 50.4 Å². The maximum Gasteiger partial charge on any atom is 0.251 e. The number of carbonyl (C=O) groups excluding carboxylic acids is 1. The van der Waals surface area contributed by atoms with E-state index in [9.17, 15) is 13.2 Å². The number of nitrogens with zero attached hydrogens (tertiary/aromatic N) is 3. The highest BCUT2D eigenvalue weighted by Gasteiger charge is 2.31. The fourth-order valence-corrected chi connectivity index (χ4v) is 5.76. The van der Waals surface area contributed by atoms with Gasteiger partial charge in [-0.15, -0.1) is 0 Å². The normalized spacial score (nSPS) is 17.2. The quantitative estimate of drug-likeness (QED) is 0.618. The Labute approximate surface area is 189 Å². The molecule has 1 amide bonds. The summed E-state index contributed by atoms with van der Waals surface area (Å²) in [4.78, 5) is 13.1. The van der Waals surface area contributed by atoms with Crippen LogP contribution in [0.4, 0.5) is 0 Å². The molecule has 0 radical (unpaired) electrons. The molecule has 0 spiro atoms. The molecule has 1 fully saturated rings. The van der Waals surface area contributed by atoms with Gasteiger partial charge in [-0.3, -0.25) is 4.79 Å². The van der Waals surface area contributed by atoms with Crippen LogP contribution >= 0.6 is 0 Å². The molecule has 32 heavy (non-hydrogen) atoms. The Kier molecular flexibility index (Phi) is 6.43. The number of amides is 1. The molecule has 1 N–H and O–H groups in total. The van der Waals surface area contributed by atoms with Crippen LogP contribution in [0.25, 0.3) is 5.69 Å². The van der Waals surface area contributed by atoms with E-state index in [1.165, 1.54) is 6.07 Å². The Bertz CT molecular complexity index is 1190. The van der Waals surface area contributed by atoms with Gasteiger partial charge in [0.05, 0.1) is 10.6 Å². The Morgan fingerprint density at radius 1 is 1.16 bits per heavy atom. The molecule has 1 unspecified atom stereocenters. The summed E-state index contributed by atoms with van der Waals surface area (Å²) < 4.78 is 29.7. The van der Waals surface area contributed by atoms with Crippen LogP contribution in [0.2, 0.25) is 0 Å². The first-order valence-corrected chi connectivity index (χ1v) is 12.3. The van der Waals surface area contributed by atoms with E-state index in [-0.39, 0.29) is 16.8 Å². The van der Waals surface area contributed by atoms with Crippen molar-refractivity contribution in [1.82, 2.24) is 19.4 Å². The van der Waals surface area contributed by atoms with Gasteiger partial charge in [-0.25, -0.2) is 13.1 Å². The van der Waals surface area contributed by atoms with Gasteiger partial charge in [-0.2, -0.15) is 9.40 Å². The van der Waals surface area contributed by atoms with Crippen molar-refractivity contribution in [3.63, 3.8) is 0 Å². The van der Waals surface area contributed by atoms with Crippen LogP contribution in [0.5, 0.6) is 0 Å². The van der Waals surface area contributed by atoms with Gasteiger partial charge in [0, 0.05) is 37.1 Å². The lowest BCUT2D eigenvalue weighted by atomic mass is 10.1. The third-order valence-corrected chi connectivity index (χ3v) is 7.97. The lowest BCUT2D eigenvalue weighted by Crippen LogP contribution is -2.42. The number of hydrogen-bond donors (Lipinski definition) is 1. The fourth-order valence-electron chi connectivity index (χ4n) is 4.04. The van der Waals surface area contributed by atoms with Crippen molar-refractivity contribution in [2.45, 2.75) is 50.6 Å². The Hall–Kier alpha value is -2.97. The number of aryl methyl sites for hydroxylation is 1. The van der Waals surface area contributed by atoms with E-state index in [0.717, 1.165) is 36.1 Å². The summed E-state index contributed by atoms with van der Waals surface area (Å²) in [5.41, 5.74) is 3.00. The van der Waals surface area contributed by atoms with Crippen LogP contribution in [0.1, 0.15) is 47.7 Å². The SMILES string of the molecule is Cc1ccc(S(=O)(=O)N2CCCCC2C)cc1C(=O)NCc1ccc(-n2cccn2)cc1. The molecule has 1 aliphatic rings. The molecule has 4 rings (SSSR count). The summed E-state index contributed by atoms with van der Waals surface area (Å²) in [6.45, 7) is 4.62. The lowest BCUT2D eigenvalue weighted by Gasteiger charge is -2.32. The van der Waals surface area contributed by atoms with Crippen LogP contribution in [-0.2, 0) is 16.6 Å². The first-order chi connectivity index (χ1) is 15.4. The molecule has 8 heteroatoms. The van der Waals surface area contributed by atoms with Crippen LogP contribution < -0.4 is 5.32 Å². The average molecular weight is 453 g/mol. The van der Waals surface area contributed by atoms with Crippen molar-refractivity contribution in [1.29, 1.82) is 0 Å². The minimum Gasteiger partial charge on any atom is -0.348 e. The first kappa shape index (κ1) is 22.2. The van der Waals surface area contributed by atoms with Gasteiger partial charge in [-0.05, 0) is 68.1 Å². The second kappa shape index (κ2) is 9.26. The maximum absolute atomic E-state index is 13.2. The summed E-state index contributed by atoms with van der Waals surface area (Å²) in [7, 11) is -3.63. The number of carbonyl (C=O) groups is 1. The highest BCUT2D eigenvalue weighted by atomic mass is 32.2. The van der Waals surface area contributed by atoms with Crippen molar-refractivity contribution in [2.24, 2.45) is 0 Å². The van der Waals surface area contributed by atoms with Crippen LogP contribution in [0, 0.1) is 6.92 Å². The van der Waals surface area contributed by atoms with Crippen LogP contribution in [0.3, 0.4) is 0 Å². The minimum atomic E-state index is -3.63. The van der Waals surface area contributed by atoms with E-state index in [4.69, 9.17) is 0 Å². The van der Waals surface area contributed by atoms with Crippen LogP contribution in [-0.4, -0.2) is 41.0 Å². The number of sulfonamides is 1. The second-order valence-electron chi connectivity index (χ2n) is 8.24. The van der Waals surface area contributed by atoms with Gasteiger partial charge < -0.3 is 5.32 Å². The third kappa shape index (κ3) is 4.61. The van der Waals surface area contributed by atoms with E-state index >= 15 is 0 Å². The van der Waals surface area contributed by atoms with Crippen molar-refractivity contribution in [2.75, 3.05) is 6.54 Å². The first-order valence-electron chi connectivity index (χ1n) is 10.9. The van der Waals surface area contributed by atoms with Crippen molar-refractivity contribution < 1.29 is 13.2 Å². The maximum atomic E-state index is 13.2. The molecule has 0 saturated carbocycles. The smallest absolute Gasteiger partial charge is 0.251 e. The topological polar surface area (TPSA) is 84.3 Å². The number of aromatic nitrogens is 2. The Morgan fingerprint density at radius 2 is 1.94 bits per heavy atom. The molecule has 1 atom stereocenters. The molecular weight excluding hydrogens is 424 g/mol. The molecule has 7 nitrogen and oxygen atoms in total. The monoisotopic (exact) mass is 452 g/mol. The number of piperidine rings is 1. The summed E-state index contributed by atoms with van der Waals surface area (Å²) in [5.74, 6) is -0.289. The predicted molar refractivity (Wildman–Crippen MR) is 123 cm³/mol. The zero-order valence-corrected chi connectivity index (χ0v) is 19.2. The van der Waals surface area contributed by atoms with E-state index in [2.05, 4.69) is 10.4 Å². The van der Waals surface area contributed by atoms with Crippen molar-refractivity contribution >= 4 is 15.9 Å². The molecule has 1 saturated heterocycles. The number of benzene rings is 2. The number of hydrogen-bond acceptors (Lipinski definition) is 4. The Balaban J connectivity index is 1.48. The van der Waals surface area contributed by atoms with Crippen LogP contribution in [0.15, 0.2) is 65.8 Å². The molecule has 1 aromatic heterocycles. The zero-order chi connectivity index (χ0) is 22.7. The highest BCUT2D eigenvalue weighted by Crippen LogP contribution is 2.26. The minimum absolute atomic E-state index is 0.0305. The molecule has 2 heterocycles. The van der Waals surface area contributed by atoms with Gasteiger partial charge >= 0.3 is 0 Å². The summed E-state index contributed by atoms with van der Waals surface area (Å²) in [5, 5.41) is 7.11. The Morgan fingerprint density at radius 3 is 2.62 bits per heavy atom. The summed E-state index contributed by atoms with van der Waals surface area (Å²) in [6, 6.07) is 14.4. The molecule has 2 aromatic carbocycles. The van der Waals surface area contributed by atoms with E-state index in [1.54, 1.807) is 27.3 Å². The van der Waals surface area contributed by atoms with Gasteiger partial charge in [0.25, 0.3) is 5.91 Å². The fraction of sp³-hybridized carbons (Fsp3) is 0.333. The van der Waals surface area contributed by atoms with Gasteiger partial charge in [0.2, 0.25) is 10.0 Å². The van der Waals surface area contributed by atoms with Crippen molar-refractivity contribution in [3.8, 4) is 5.69 Å². The van der Waals surface area contributed by atoms with Gasteiger partial charge in [0.15, 0.2) is 0 Å². The zero-order valence-electron chi connectivity index (χ0n) is 18.4. The standard InChI is InChI=1S/C24H28N4O3S/c1-18-7-12-22(32(30,31)28-15-4-3-6-19(28)2)16-23(18)24(29)25-17-20-8-10-21(11-9-20)27-14-5-13-26-27/h5,7-14,16,19H,3-4,6,15,17H2,1-2H3,(H,25,29). The molecule has 0 aliphatic carbocycles. The largest absolute Gasteiger partial charge is 0.348 e. The molecule has 1 aliphatic heterocycles. The molecule has 0 bridgehead atoms. The average Bonchev–Trinajstić information content (AvgIpc) is 3.33. The number of nitrogens with one attached hydrogen (secondary N) is 1. The van der Waals surface area contributed by atoms with E-state index < -0.39 is 10.0 Å². The van der Waals surface area contributed by atoms with Crippen molar-refractivity contribution in [3.05, 3.63) is 77.6 Å². The van der Waals surface area contributed by atoms with Gasteiger partial charge in [0.1, 0.15) is 0 Å². The molecule has 3 aromatic rings. The van der Waals surface area contributed by atoms with Gasteiger partial charge in [-0.1, -0.05) is 24.6 Å². The predicted octanol–water partition coefficient (Wildman–Crippen LogP) is 3.67. The third-order valence-electron chi connectivity index (χ3n) is 5.96. The highest BCUT2D eigenvalue weighted by molar-refractivity contribution is 7.89.